The lowest BCUT2D eigenvalue weighted by atomic mass is 10.0. The van der Waals surface area contributed by atoms with Gasteiger partial charge in [-0.1, -0.05) is 29.8 Å². The number of likely N-dealkylation sites (N-methyl/N-ethyl adjacent to an activating group) is 1. The van der Waals surface area contributed by atoms with Crippen molar-refractivity contribution in [3.63, 3.8) is 0 Å². The predicted molar refractivity (Wildman–Crippen MR) is 89.9 cm³/mol. The molecule has 0 radical (unpaired) electrons. The average molecular weight is 324 g/mol. The van der Waals surface area contributed by atoms with Crippen molar-refractivity contribution in [3.8, 4) is 0 Å². The van der Waals surface area contributed by atoms with E-state index in [0.717, 1.165) is 27.7 Å². The topological polar surface area (TPSA) is 12.0 Å². The lowest BCUT2D eigenvalue weighted by molar-refractivity contribution is 0.607. The fraction of sp³-hybridized carbons (Fsp3) is 0.294. The van der Waals surface area contributed by atoms with Crippen molar-refractivity contribution in [3.05, 3.63) is 64.4 Å². The largest absolute Gasteiger partial charge is 0.316 e. The Morgan fingerprint density at radius 1 is 1.24 bits per heavy atom. The average Bonchev–Trinajstić information content (AvgIpc) is 2.47. The summed E-state index contributed by atoms with van der Waals surface area (Å²) in [7, 11) is 1.96. The van der Waals surface area contributed by atoms with Gasteiger partial charge in [0, 0.05) is 16.7 Å². The van der Waals surface area contributed by atoms with Gasteiger partial charge < -0.3 is 5.32 Å². The minimum atomic E-state index is -0.178. The van der Waals surface area contributed by atoms with Crippen molar-refractivity contribution in [2.24, 2.45) is 0 Å². The van der Waals surface area contributed by atoms with E-state index in [1.807, 2.05) is 44.3 Å². The first-order chi connectivity index (χ1) is 10.1. The Hall–Kier alpha value is -1.03. The number of rotatable bonds is 6. The highest BCUT2D eigenvalue weighted by atomic mass is 35.5. The Morgan fingerprint density at radius 2 is 2.00 bits per heavy atom. The maximum Gasteiger partial charge on any atom is 0.123 e. The van der Waals surface area contributed by atoms with E-state index >= 15 is 0 Å². The second-order valence-corrected chi connectivity index (χ2v) is 6.47. The van der Waals surface area contributed by atoms with E-state index in [1.54, 1.807) is 17.8 Å². The molecule has 112 valence electrons. The molecule has 0 spiro atoms. The van der Waals surface area contributed by atoms with Crippen LogP contribution in [0.1, 0.15) is 11.1 Å². The summed E-state index contributed by atoms with van der Waals surface area (Å²) in [5.41, 5.74) is 2.17. The fourth-order valence-corrected chi connectivity index (χ4v) is 3.50. The molecule has 0 aliphatic carbocycles. The second-order valence-electron chi connectivity index (χ2n) is 5.00. The summed E-state index contributed by atoms with van der Waals surface area (Å²) < 4.78 is 13.1. The molecule has 0 aliphatic heterocycles. The van der Waals surface area contributed by atoms with Gasteiger partial charge >= 0.3 is 0 Å². The van der Waals surface area contributed by atoms with Gasteiger partial charge in [0.05, 0.1) is 5.02 Å². The van der Waals surface area contributed by atoms with Crippen LogP contribution in [0.3, 0.4) is 0 Å². The van der Waals surface area contributed by atoms with E-state index in [-0.39, 0.29) is 5.82 Å². The standard InChI is InChI=1S/C17H19ClFNS/c1-12-9-14(19)8-7-13(12)10-15(20-2)11-21-17-6-4-3-5-16(17)18/h3-9,15,20H,10-11H2,1-2H3. The molecule has 0 saturated heterocycles. The summed E-state index contributed by atoms with van der Waals surface area (Å²) in [5, 5.41) is 4.11. The molecule has 1 atom stereocenters. The zero-order valence-corrected chi connectivity index (χ0v) is 13.8. The molecule has 0 fully saturated rings. The first-order valence-electron chi connectivity index (χ1n) is 6.89. The molecule has 4 heteroatoms. The van der Waals surface area contributed by atoms with Crippen molar-refractivity contribution in [1.29, 1.82) is 0 Å². The second kappa shape index (κ2) is 7.83. The van der Waals surface area contributed by atoms with Crippen molar-refractivity contribution < 1.29 is 4.39 Å². The molecule has 0 aromatic heterocycles. The Bertz CT molecular complexity index is 603. The molecular weight excluding hydrogens is 305 g/mol. The molecule has 21 heavy (non-hydrogen) atoms. The third-order valence-corrected chi connectivity index (χ3v) is 5.13. The number of thioether (sulfide) groups is 1. The molecule has 0 amide bonds. The number of benzene rings is 2. The van der Waals surface area contributed by atoms with E-state index in [1.165, 1.54) is 11.6 Å². The smallest absolute Gasteiger partial charge is 0.123 e. The lowest BCUT2D eigenvalue weighted by Crippen LogP contribution is -2.30. The van der Waals surface area contributed by atoms with Crippen LogP contribution in [0.25, 0.3) is 0 Å². The Labute approximate surface area is 134 Å². The number of aryl methyl sites for hydroxylation is 1. The minimum Gasteiger partial charge on any atom is -0.316 e. The van der Waals surface area contributed by atoms with Crippen LogP contribution in [-0.4, -0.2) is 18.8 Å². The van der Waals surface area contributed by atoms with Crippen LogP contribution in [0.15, 0.2) is 47.4 Å². The van der Waals surface area contributed by atoms with Crippen LogP contribution in [0.5, 0.6) is 0 Å². The fourth-order valence-electron chi connectivity index (χ4n) is 2.15. The molecule has 0 saturated carbocycles. The first kappa shape index (κ1) is 16.3. The zero-order valence-electron chi connectivity index (χ0n) is 12.2. The van der Waals surface area contributed by atoms with E-state index < -0.39 is 0 Å². The number of hydrogen-bond acceptors (Lipinski definition) is 2. The van der Waals surface area contributed by atoms with Crippen molar-refractivity contribution in [2.45, 2.75) is 24.3 Å². The van der Waals surface area contributed by atoms with Gasteiger partial charge in [-0.3, -0.25) is 0 Å². The van der Waals surface area contributed by atoms with Crippen LogP contribution in [0, 0.1) is 12.7 Å². The third kappa shape index (κ3) is 4.73. The summed E-state index contributed by atoms with van der Waals surface area (Å²) in [4.78, 5) is 1.09. The van der Waals surface area contributed by atoms with Crippen molar-refractivity contribution >= 4 is 23.4 Å². The third-order valence-electron chi connectivity index (χ3n) is 3.46. The maximum absolute atomic E-state index is 13.1. The van der Waals surface area contributed by atoms with Crippen molar-refractivity contribution in [1.82, 2.24) is 5.32 Å². The quantitative estimate of drug-likeness (QED) is 0.773. The molecule has 1 N–H and O–H groups in total. The van der Waals surface area contributed by atoms with E-state index in [9.17, 15) is 4.39 Å². The highest BCUT2D eigenvalue weighted by Crippen LogP contribution is 2.27. The normalized spacial score (nSPS) is 12.4. The van der Waals surface area contributed by atoms with Gasteiger partial charge in [-0.25, -0.2) is 4.39 Å². The molecule has 1 unspecified atom stereocenters. The summed E-state index contributed by atoms with van der Waals surface area (Å²) in [5.74, 6) is 0.736. The predicted octanol–water partition coefficient (Wildman–Crippen LogP) is 4.71. The SMILES string of the molecule is CNC(CSc1ccccc1Cl)Cc1ccc(F)cc1C. The summed E-state index contributed by atoms with van der Waals surface area (Å²) >= 11 is 7.91. The number of hydrogen-bond donors (Lipinski definition) is 1. The summed E-state index contributed by atoms with van der Waals surface area (Å²) in [6.45, 7) is 1.95. The van der Waals surface area contributed by atoms with E-state index in [4.69, 9.17) is 11.6 Å². The Balaban J connectivity index is 1.99. The summed E-state index contributed by atoms with van der Waals surface area (Å²) in [6, 6.07) is 13.2. The Kier molecular flexibility index (Phi) is 6.09. The monoisotopic (exact) mass is 323 g/mol. The molecule has 0 aliphatic rings. The highest BCUT2D eigenvalue weighted by molar-refractivity contribution is 7.99. The Morgan fingerprint density at radius 3 is 2.67 bits per heavy atom. The van der Waals surface area contributed by atoms with Gasteiger partial charge in [-0.2, -0.15) is 0 Å². The van der Waals surface area contributed by atoms with Gasteiger partial charge in [-0.15, -0.1) is 11.8 Å². The lowest BCUT2D eigenvalue weighted by Gasteiger charge is -2.17. The molecule has 2 rings (SSSR count). The molecule has 2 aromatic carbocycles. The van der Waals surface area contributed by atoms with Gasteiger partial charge in [0.15, 0.2) is 0 Å². The minimum absolute atomic E-state index is 0.178. The van der Waals surface area contributed by atoms with E-state index in [2.05, 4.69) is 5.32 Å². The molecule has 0 bridgehead atoms. The van der Waals surface area contributed by atoms with Gasteiger partial charge in [0.2, 0.25) is 0 Å². The maximum atomic E-state index is 13.1. The van der Waals surface area contributed by atoms with Crippen LogP contribution in [0.4, 0.5) is 4.39 Å². The van der Waals surface area contributed by atoms with Crippen LogP contribution < -0.4 is 5.32 Å². The summed E-state index contributed by atoms with van der Waals surface area (Å²) in [6.07, 6.45) is 0.875. The first-order valence-corrected chi connectivity index (χ1v) is 8.26. The number of halogens is 2. The van der Waals surface area contributed by atoms with Crippen LogP contribution >= 0.6 is 23.4 Å². The van der Waals surface area contributed by atoms with Crippen LogP contribution in [0.2, 0.25) is 5.02 Å². The van der Waals surface area contributed by atoms with Gasteiger partial charge in [0.1, 0.15) is 5.82 Å². The highest BCUT2D eigenvalue weighted by Gasteiger charge is 2.11. The van der Waals surface area contributed by atoms with Gasteiger partial charge in [-0.05, 0) is 55.8 Å². The van der Waals surface area contributed by atoms with Crippen LogP contribution in [-0.2, 0) is 6.42 Å². The molecular formula is C17H19ClFNS. The van der Waals surface area contributed by atoms with E-state index in [0.29, 0.717) is 6.04 Å². The van der Waals surface area contributed by atoms with Gasteiger partial charge in [0.25, 0.3) is 0 Å². The van der Waals surface area contributed by atoms with Crippen molar-refractivity contribution in [2.75, 3.05) is 12.8 Å². The molecule has 1 nitrogen and oxygen atoms in total. The molecule has 0 heterocycles. The molecule has 2 aromatic rings. The number of nitrogens with one attached hydrogen (secondary N) is 1. The zero-order chi connectivity index (χ0) is 15.2.